The van der Waals surface area contributed by atoms with Crippen LogP contribution in [0.5, 0.6) is 17.2 Å². The Bertz CT molecular complexity index is 890. The van der Waals surface area contributed by atoms with Crippen molar-refractivity contribution >= 4 is 0 Å². The topological polar surface area (TPSA) is 18.5 Å². The monoisotopic (exact) mass is 392 g/mol. The summed E-state index contributed by atoms with van der Waals surface area (Å²) < 4.78 is 25.4. The summed E-state index contributed by atoms with van der Waals surface area (Å²) >= 11 is 0. The minimum atomic E-state index is -0.340. The molecule has 0 fully saturated rings. The van der Waals surface area contributed by atoms with Gasteiger partial charge < -0.3 is 9.47 Å². The molecule has 0 radical (unpaired) electrons. The van der Waals surface area contributed by atoms with Crippen LogP contribution in [-0.4, -0.2) is 6.61 Å². The van der Waals surface area contributed by atoms with Gasteiger partial charge in [0.05, 0.1) is 6.61 Å². The first-order chi connectivity index (χ1) is 14.0. The van der Waals surface area contributed by atoms with Crippen LogP contribution in [0.4, 0.5) is 4.39 Å². The number of benzene rings is 3. The maximum atomic E-state index is 14.2. The van der Waals surface area contributed by atoms with Crippen molar-refractivity contribution in [2.45, 2.75) is 39.5 Å². The standard InChI is InChI=1S/C26H29FO2/c1-4-28-23-13-11-22(12-14-23)20(3)16-19(2)17-21-10-15-25(27)26(18-21)29-24-8-6-5-7-9-24/h5-15,18-20H,4,16-17H2,1-3H3. The number of hydrogen-bond donors (Lipinski definition) is 0. The fourth-order valence-electron chi connectivity index (χ4n) is 3.65. The van der Waals surface area contributed by atoms with Gasteiger partial charge in [-0.05, 0) is 79.1 Å². The average molecular weight is 393 g/mol. The van der Waals surface area contributed by atoms with E-state index >= 15 is 0 Å². The van der Waals surface area contributed by atoms with E-state index in [2.05, 4.69) is 26.0 Å². The van der Waals surface area contributed by atoms with Crippen molar-refractivity contribution in [3.05, 3.63) is 89.7 Å². The molecule has 0 aliphatic rings. The second-order valence-corrected chi connectivity index (χ2v) is 7.63. The van der Waals surface area contributed by atoms with Crippen LogP contribution in [0, 0.1) is 11.7 Å². The molecule has 0 saturated heterocycles. The minimum Gasteiger partial charge on any atom is -0.494 e. The minimum absolute atomic E-state index is 0.278. The lowest BCUT2D eigenvalue weighted by atomic mass is 9.88. The molecule has 3 aromatic carbocycles. The van der Waals surface area contributed by atoms with Crippen LogP contribution in [-0.2, 0) is 6.42 Å². The largest absolute Gasteiger partial charge is 0.494 e. The molecule has 3 heteroatoms. The summed E-state index contributed by atoms with van der Waals surface area (Å²) in [6, 6.07) is 22.8. The molecule has 2 atom stereocenters. The van der Waals surface area contributed by atoms with Gasteiger partial charge in [0.15, 0.2) is 11.6 Å². The molecule has 0 aliphatic carbocycles. The van der Waals surface area contributed by atoms with E-state index < -0.39 is 0 Å². The summed E-state index contributed by atoms with van der Waals surface area (Å²) in [6.45, 7) is 7.16. The first kappa shape index (κ1) is 20.9. The Hall–Kier alpha value is -2.81. The van der Waals surface area contributed by atoms with E-state index in [-0.39, 0.29) is 11.6 Å². The van der Waals surface area contributed by atoms with Crippen molar-refractivity contribution < 1.29 is 13.9 Å². The van der Waals surface area contributed by atoms with Crippen LogP contribution in [0.2, 0.25) is 0 Å². The first-order valence-corrected chi connectivity index (χ1v) is 10.3. The third-order valence-electron chi connectivity index (χ3n) is 5.07. The van der Waals surface area contributed by atoms with Gasteiger partial charge in [0.2, 0.25) is 0 Å². The zero-order valence-corrected chi connectivity index (χ0v) is 17.4. The van der Waals surface area contributed by atoms with Gasteiger partial charge in [-0.1, -0.05) is 50.2 Å². The second kappa shape index (κ2) is 10.1. The van der Waals surface area contributed by atoms with Crippen LogP contribution < -0.4 is 9.47 Å². The Morgan fingerprint density at radius 3 is 2.28 bits per heavy atom. The second-order valence-electron chi connectivity index (χ2n) is 7.63. The van der Waals surface area contributed by atoms with E-state index in [9.17, 15) is 4.39 Å². The summed E-state index contributed by atoms with van der Waals surface area (Å²) in [7, 11) is 0. The van der Waals surface area contributed by atoms with Crippen molar-refractivity contribution in [2.24, 2.45) is 5.92 Å². The Morgan fingerprint density at radius 2 is 1.59 bits per heavy atom. The van der Waals surface area contributed by atoms with Crippen LogP contribution in [0.3, 0.4) is 0 Å². The van der Waals surface area contributed by atoms with Crippen molar-refractivity contribution in [1.82, 2.24) is 0 Å². The van der Waals surface area contributed by atoms with Crippen molar-refractivity contribution in [2.75, 3.05) is 6.61 Å². The maximum Gasteiger partial charge on any atom is 0.165 e. The van der Waals surface area contributed by atoms with Crippen molar-refractivity contribution in [1.29, 1.82) is 0 Å². The fraction of sp³-hybridized carbons (Fsp3) is 0.308. The third kappa shape index (κ3) is 6.08. The molecule has 3 aromatic rings. The lowest BCUT2D eigenvalue weighted by molar-refractivity contribution is 0.340. The maximum absolute atomic E-state index is 14.2. The zero-order chi connectivity index (χ0) is 20.6. The van der Waals surface area contributed by atoms with E-state index in [0.29, 0.717) is 24.2 Å². The van der Waals surface area contributed by atoms with Crippen LogP contribution in [0.25, 0.3) is 0 Å². The molecule has 29 heavy (non-hydrogen) atoms. The lowest BCUT2D eigenvalue weighted by Crippen LogP contribution is -2.06. The summed E-state index contributed by atoms with van der Waals surface area (Å²) in [5.74, 6) is 2.40. The van der Waals surface area contributed by atoms with E-state index in [1.807, 2.05) is 61.5 Å². The highest BCUT2D eigenvalue weighted by Crippen LogP contribution is 2.29. The third-order valence-corrected chi connectivity index (χ3v) is 5.07. The SMILES string of the molecule is CCOc1ccc(C(C)CC(C)Cc2ccc(F)c(Oc3ccccc3)c2)cc1. The highest BCUT2D eigenvalue weighted by Gasteiger charge is 2.14. The summed E-state index contributed by atoms with van der Waals surface area (Å²) in [4.78, 5) is 0. The number of rotatable bonds is 9. The lowest BCUT2D eigenvalue weighted by Gasteiger charge is -2.18. The average Bonchev–Trinajstić information content (AvgIpc) is 2.72. The first-order valence-electron chi connectivity index (χ1n) is 10.3. The van der Waals surface area contributed by atoms with Crippen molar-refractivity contribution in [3.8, 4) is 17.2 Å². The Balaban J connectivity index is 1.61. The van der Waals surface area contributed by atoms with Gasteiger partial charge >= 0.3 is 0 Å². The van der Waals surface area contributed by atoms with Crippen molar-refractivity contribution in [3.63, 3.8) is 0 Å². The molecule has 3 rings (SSSR count). The molecule has 0 saturated carbocycles. The van der Waals surface area contributed by atoms with E-state index in [0.717, 1.165) is 24.2 Å². The van der Waals surface area contributed by atoms with Crippen LogP contribution in [0.1, 0.15) is 44.2 Å². The van der Waals surface area contributed by atoms with Crippen LogP contribution in [0.15, 0.2) is 72.8 Å². The number of ether oxygens (including phenoxy) is 2. The van der Waals surface area contributed by atoms with Gasteiger partial charge in [0.1, 0.15) is 11.5 Å². The molecule has 0 bridgehead atoms. The summed E-state index contributed by atoms with van der Waals surface area (Å²) in [6.07, 6.45) is 1.94. The molecule has 2 unspecified atom stereocenters. The van der Waals surface area contributed by atoms with E-state index in [1.54, 1.807) is 0 Å². The normalized spacial score (nSPS) is 13.0. The Labute approximate surface area is 173 Å². The molecule has 152 valence electrons. The predicted octanol–water partition coefficient (Wildman–Crippen LogP) is 7.39. The zero-order valence-electron chi connectivity index (χ0n) is 17.4. The number of halogens is 1. The van der Waals surface area contributed by atoms with Gasteiger partial charge in [0.25, 0.3) is 0 Å². The van der Waals surface area contributed by atoms with Gasteiger partial charge in [-0.3, -0.25) is 0 Å². The molecule has 0 amide bonds. The molecular formula is C26H29FO2. The highest BCUT2D eigenvalue weighted by atomic mass is 19.1. The molecule has 0 aliphatic heterocycles. The quantitative estimate of drug-likeness (QED) is 0.378. The van der Waals surface area contributed by atoms with E-state index in [4.69, 9.17) is 9.47 Å². The van der Waals surface area contributed by atoms with Gasteiger partial charge in [-0.25, -0.2) is 4.39 Å². The molecule has 0 spiro atoms. The molecule has 0 N–H and O–H groups in total. The molecular weight excluding hydrogens is 363 g/mol. The van der Waals surface area contributed by atoms with Gasteiger partial charge in [-0.2, -0.15) is 0 Å². The summed E-state index contributed by atoms with van der Waals surface area (Å²) in [5.41, 5.74) is 2.40. The smallest absolute Gasteiger partial charge is 0.165 e. The van der Waals surface area contributed by atoms with Gasteiger partial charge in [0, 0.05) is 0 Å². The Morgan fingerprint density at radius 1 is 0.862 bits per heavy atom. The Kier molecular flexibility index (Phi) is 7.29. The number of hydrogen-bond acceptors (Lipinski definition) is 2. The molecule has 2 nitrogen and oxygen atoms in total. The summed E-state index contributed by atoms with van der Waals surface area (Å²) in [5, 5.41) is 0. The van der Waals surface area contributed by atoms with Crippen LogP contribution >= 0.6 is 0 Å². The van der Waals surface area contributed by atoms with E-state index in [1.165, 1.54) is 11.6 Å². The molecule has 0 aromatic heterocycles. The molecule has 0 heterocycles. The predicted molar refractivity (Wildman–Crippen MR) is 116 cm³/mol. The number of para-hydroxylation sites is 1. The van der Waals surface area contributed by atoms with Gasteiger partial charge in [-0.15, -0.1) is 0 Å². The highest BCUT2D eigenvalue weighted by molar-refractivity contribution is 5.35. The fourth-order valence-corrected chi connectivity index (χ4v) is 3.65.